The van der Waals surface area contributed by atoms with E-state index in [0.717, 1.165) is 22.6 Å². The first-order valence-electron chi connectivity index (χ1n) is 11.0. The van der Waals surface area contributed by atoms with Gasteiger partial charge >= 0.3 is 0 Å². The molecule has 0 unspecified atom stereocenters. The minimum atomic E-state index is -0.684. The molecule has 0 saturated carbocycles. The minimum absolute atomic E-state index is 0.0504. The van der Waals surface area contributed by atoms with Crippen LogP contribution in [0, 0.1) is 6.92 Å². The number of anilines is 1. The normalized spacial score (nSPS) is 15.3. The monoisotopic (exact) mass is 461 g/mol. The van der Waals surface area contributed by atoms with E-state index in [0.29, 0.717) is 40.4 Å². The van der Waals surface area contributed by atoms with Gasteiger partial charge in [0.05, 0.1) is 23.6 Å². The molecule has 1 aliphatic heterocycles. The van der Waals surface area contributed by atoms with E-state index in [1.165, 1.54) is 16.2 Å². The van der Waals surface area contributed by atoms with E-state index in [9.17, 15) is 9.59 Å². The molecule has 0 aliphatic carbocycles. The molecule has 1 atom stereocenters. The first-order chi connectivity index (χ1) is 16.0. The van der Waals surface area contributed by atoms with E-state index in [2.05, 4.69) is 10.2 Å². The van der Waals surface area contributed by atoms with Crippen molar-refractivity contribution in [3.05, 3.63) is 80.1 Å². The average molecular weight is 462 g/mol. The zero-order valence-electron chi connectivity index (χ0n) is 18.6. The molecular weight excluding hydrogens is 438 g/mol. The molecule has 1 amide bonds. The van der Waals surface area contributed by atoms with Gasteiger partial charge in [-0.3, -0.25) is 14.5 Å². The number of hydrogen-bond donors (Lipinski definition) is 0. The Hall–Kier alpha value is -3.52. The molecule has 0 spiro atoms. The van der Waals surface area contributed by atoms with Gasteiger partial charge in [0, 0.05) is 0 Å². The number of ether oxygens (including phenoxy) is 1. The Morgan fingerprint density at radius 3 is 2.73 bits per heavy atom. The van der Waals surface area contributed by atoms with Crippen LogP contribution in [0.2, 0.25) is 0 Å². The summed E-state index contributed by atoms with van der Waals surface area (Å²) >= 11 is 1.34. The maximum absolute atomic E-state index is 13.7. The van der Waals surface area contributed by atoms with E-state index >= 15 is 0 Å². The van der Waals surface area contributed by atoms with Crippen molar-refractivity contribution in [2.24, 2.45) is 0 Å². The maximum Gasteiger partial charge on any atom is 0.297 e. The number of hydrogen-bond acceptors (Lipinski definition) is 7. The molecule has 1 aliphatic rings. The summed E-state index contributed by atoms with van der Waals surface area (Å²) in [5.74, 6) is 0.338. The van der Waals surface area contributed by atoms with Crippen LogP contribution in [-0.4, -0.2) is 22.7 Å². The highest BCUT2D eigenvalue weighted by Crippen LogP contribution is 2.42. The largest absolute Gasteiger partial charge is 0.494 e. The van der Waals surface area contributed by atoms with Gasteiger partial charge in [-0.1, -0.05) is 48.9 Å². The van der Waals surface area contributed by atoms with Crippen LogP contribution in [0.4, 0.5) is 5.13 Å². The minimum Gasteiger partial charge on any atom is -0.494 e. The van der Waals surface area contributed by atoms with Gasteiger partial charge in [-0.05, 0) is 49.6 Å². The summed E-state index contributed by atoms with van der Waals surface area (Å²) in [5, 5.41) is 10.2. The summed E-state index contributed by atoms with van der Waals surface area (Å²) in [6.45, 7) is 6.52. The summed E-state index contributed by atoms with van der Waals surface area (Å²) in [7, 11) is 0. The van der Waals surface area contributed by atoms with Gasteiger partial charge < -0.3 is 9.15 Å². The quantitative estimate of drug-likeness (QED) is 0.399. The number of carbonyl (C=O) groups excluding carboxylic acids is 1. The van der Waals surface area contributed by atoms with E-state index in [1.54, 1.807) is 12.1 Å². The molecule has 168 valence electrons. The van der Waals surface area contributed by atoms with Crippen LogP contribution in [0.3, 0.4) is 0 Å². The molecule has 0 fully saturated rings. The van der Waals surface area contributed by atoms with Crippen molar-refractivity contribution in [2.75, 3.05) is 11.5 Å². The zero-order chi connectivity index (χ0) is 23.1. The van der Waals surface area contributed by atoms with Gasteiger partial charge in [-0.15, -0.1) is 10.2 Å². The van der Waals surface area contributed by atoms with Crippen LogP contribution >= 0.6 is 11.3 Å². The number of benzene rings is 2. The van der Waals surface area contributed by atoms with E-state index < -0.39 is 11.9 Å². The Morgan fingerprint density at radius 2 is 1.97 bits per heavy atom. The van der Waals surface area contributed by atoms with Crippen molar-refractivity contribution in [1.82, 2.24) is 10.2 Å². The van der Waals surface area contributed by atoms with Crippen LogP contribution in [-0.2, 0) is 6.42 Å². The fourth-order valence-electron chi connectivity index (χ4n) is 4.08. The Bertz CT molecular complexity index is 1420. The lowest BCUT2D eigenvalue weighted by molar-refractivity contribution is 0.0970. The standard InChI is InChI=1S/C25H23N3O4S/c1-4-11-31-16-8-6-7-15(13-16)21-20-22(29)17-12-14(3)9-10-18(17)32-23(20)24(30)28(21)25-27-26-19(5-2)33-25/h6-10,12-13,21H,4-5,11H2,1-3H3/t21-/m0/s1. The second kappa shape index (κ2) is 8.44. The smallest absolute Gasteiger partial charge is 0.297 e. The lowest BCUT2D eigenvalue weighted by Gasteiger charge is -2.22. The van der Waals surface area contributed by atoms with Crippen molar-refractivity contribution in [1.29, 1.82) is 0 Å². The summed E-state index contributed by atoms with van der Waals surface area (Å²) in [6.07, 6.45) is 1.58. The molecule has 2 aromatic heterocycles. The SMILES string of the molecule is CCCOc1cccc([C@H]2c3c(oc4ccc(C)cc4c3=O)C(=O)N2c2nnc(CC)s2)c1. The van der Waals surface area contributed by atoms with Crippen LogP contribution in [0.15, 0.2) is 51.7 Å². The lowest BCUT2D eigenvalue weighted by Crippen LogP contribution is -2.29. The molecule has 8 heteroatoms. The molecule has 0 N–H and O–H groups in total. The Morgan fingerprint density at radius 1 is 1.12 bits per heavy atom. The predicted octanol–water partition coefficient (Wildman–Crippen LogP) is 5.05. The van der Waals surface area contributed by atoms with Crippen molar-refractivity contribution < 1.29 is 13.9 Å². The van der Waals surface area contributed by atoms with E-state index in [-0.39, 0.29) is 11.2 Å². The molecule has 3 heterocycles. The topological polar surface area (TPSA) is 85.5 Å². The second-order valence-corrected chi connectivity index (χ2v) is 9.04. The van der Waals surface area contributed by atoms with Gasteiger partial charge in [0.1, 0.15) is 16.3 Å². The molecule has 4 aromatic rings. The predicted molar refractivity (Wildman–Crippen MR) is 127 cm³/mol. The fourth-order valence-corrected chi connectivity index (χ4v) is 4.88. The summed E-state index contributed by atoms with van der Waals surface area (Å²) < 4.78 is 11.8. The summed E-state index contributed by atoms with van der Waals surface area (Å²) in [6, 6.07) is 12.2. The first kappa shape index (κ1) is 21.3. The average Bonchev–Trinajstić information content (AvgIpc) is 3.41. The highest BCUT2D eigenvalue weighted by Gasteiger charge is 2.45. The maximum atomic E-state index is 13.7. The molecule has 5 rings (SSSR count). The molecule has 0 radical (unpaired) electrons. The van der Waals surface area contributed by atoms with E-state index in [1.807, 2.05) is 51.1 Å². The number of nitrogens with zero attached hydrogens (tertiary/aromatic N) is 3. The van der Waals surface area contributed by atoms with Crippen molar-refractivity contribution in [2.45, 2.75) is 39.7 Å². The third kappa shape index (κ3) is 3.60. The zero-order valence-corrected chi connectivity index (χ0v) is 19.4. The number of carbonyl (C=O) groups is 1. The lowest BCUT2D eigenvalue weighted by atomic mass is 9.98. The van der Waals surface area contributed by atoms with Crippen molar-refractivity contribution >= 4 is 33.3 Å². The van der Waals surface area contributed by atoms with Crippen LogP contribution in [0.5, 0.6) is 5.75 Å². The highest BCUT2D eigenvalue weighted by molar-refractivity contribution is 7.15. The number of aromatic nitrogens is 2. The van der Waals surface area contributed by atoms with Crippen LogP contribution < -0.4 is 15.1 Å². The number of amides is 1. The van der Waals surface area contributed by atoms with Crippen LogP contribution in [0.25, 0.3) is 11.0 Å². The Labute approximate surface area is 194 Å². The third-order valence-electron chi connectivity index (χ3n) is 5.64. The number of fused-ring (bicyclic) bond motifs is 2. The van der Waals surface area contributed by atoms with E-state index in [4.69, 9.17) is 9.15 Å². The molecular formula is C25H23N3O4S. The number of rotatable bonds is 6. The highest BCUT2D eigenvalue weighted by atomic mass is 32.1. The molecule has 0 bridgehead atoms. The van der Waals surface area contributed by atoms with Gasteiger partial charge in [0.15, 0.2) is 5.43 Å². The Kier molecular flexibility index (Phi) is 5.46. The molecule has 33 heavy (non-hydrogen) atoms. The molecule has 7 nitrogen and oxygen atoms in total. The Balaban J connectivity index is 1.75. The van der Waals surface area contributed by atoms with Crippen LogP contribution in [0.1, 0.15) is 58.6 Å². The number of aryl methyl sites for hydroxylation is 2. The summed E-state index contributed by atoms with van der Waals surface area (Å²) in [5.41, 5.74) is 2.20. The first-order valence-corrected chi connectivity index (χ1v) is 11.8. The van der Waals surface area contributed by atoms with Crippen molar-refractivity contribution in [3.8, 4) is 5.75 Å². The fraction of sp³-hybridized carbons (Fsp3) is 0.280. The third-order valence-corrected chi connectivity index (χ3v) is 6.70. The second-order valence-electron chi connectivity index (χ2n) is 8.00. The molecule has 0 saturated heterocycles. The van der Waals surface area contributed by atoms with Gasteiger partial charge in [0.2, 0.25) is 10.9 Å². The van der Waals surface area contributed by atoms with Gasteiger partial charge in [0.25, 0.3) is 5.91 Å². The van der Waals surface area contributed by atoms with Crippen molar-refractivity contribution in [3.63, 3.8) is 0 Å². The van der Waals surface area contributed by atoms with Gasteiger partial charge in [-0.25, -0.2) is 0 Å². The van der Waals surface area contributed by atoms with Gasteiger partial charge in [-0.2, -0.15) is 0 Å². The molecule has 2 aromatic carbocycles. The summed E-state index contributed by atoms with van der Waals surface area (Å²) in [4.78, 5) is 28.8.